The van der Waals surface area contributed by atoms with E-state index in [9.17, 15) is 0 Å². The molecule has 4 nitrogen and oxygen atoms in total. The number of likely N-dealkylation sites (tertiary alicyclic amines) is 1. The highest BCUT2D eigenvalue weighted by Gasteiger charge is 2.39. The SMILES string of the molecule is CN=C(NCc1ccc(COC)cc1)N1CCC2(CCCCC2)C1.I. The molecule has 0 aromatic heterocycles. The van der Waals surface area contributed by atoms with Gasteiger partial charge in [0.05, 0.1) is 6.61 Å². The smallest absolute Gasteiger partial charge is 0.193 e. The summed E-state index contributed by atoms with van der Waals surface area (Å²) < 4.78 is 5.16. The third-order valence-corrected chi connectivity index (χ3v) is 5.65. The monoisotopic (exact) mass is 457 g/mol. The molecular weight excluding hydrogens is 425 g/mol. The second-order valence-corrected chi connectivity index (χ2v) is 7.38. The summed E-state index contributed by atoms with van der Waals surface area (Å²) in [6.07, 6.45) is 8.39. The van der Waals surface area contributed by atoms with Gasteiger partial charge in [0.25, 0.3) is 0 Å². The zero-order valence-corrected chi connectivity index (χ0v) is 17.9. The number of nitrogens with one attached hydrogen (secondary N) is 1. The molecule has 1 spiro atoms. The van der Waals surface area contributed by atoms with Gasteiger partial charge < -0.3 is 15.0 Å². The summed E-state index contributed by atoms with van der Waals surface area (Å²) in [6.45, 7) is 3.82. The maximum atomic E-state index is 5.16. The first-order chi connectivity index (χ1) is 11.7. The van der Waals surface area contributed by atoms with E-state index in [-0.39, 0.29) is 24.0 Å². The van der Waals surface area contributed by atoms with Crippen LogP contribution in [0.2, 0.25) is 0 Å². The fourth-order valence-corrected chi connectivity index (χ4v) is 4.26. The van der Waals surface area contributed by atoms with Crippen molar-refractivity contribution in [3.8, 4) is 0 Å². The molecule has 25 heavy (non-hydrogen) atoms. The summed E-state index contributed by atoms with van der Waals surface area (Å²) in [5.41, 5.74) is 3.06. The summed E-state index contributed by atoms with van der Waals surface area (Å²) in [5, 5.41) is 3.55. The van der Waals surface area contributed by atoms with Crippen LogP contribution in [0.1, 0.15) is 49.7 Å². The molecule has 140 valence electrons. The number of hydrogen-bond acceptors (Lipinski definition) is 2. The highest BCUT2D eigenvalue weighted by atomic mass is 127. The average Bonchev–Trinajstić information content (AvgIpc) is 3.01. The van der Waals surface area contributed by atoms with Gasteiger partial charge in [0.1, 0.15) is 0 Å². The van der Waals surface area contributed by atoms with Crippen molar-refractivity contribution in [3.05, 3.63) is 35.4 Å². The number of halogens is 1. The lowest BCUT2D eigenvalue weighted by Gasteiger charge is -2.33. The Labute approximate surface area is 169 Å². The highest BCUT2D eigenvalue weighted by Crippen LogP contribution is 2.43. The Balaban J connectivity index is 0.00000225. The van der Waals surface area contributed by atoms with Crippen molar-refractivity contribution in [1.82, 2.24) is 10.2 Å². The number of ether oxygens (including phenoxy) is 1. The Morgan fingerprint density at radius 2 is 1.80 bits per heavy atom. The van der Waals surface area contributed by atoms with Gasteiger partial charge in [-0.15, -0.1) is 24.0 Å². The fourth-order valence-electron chi connectivity index (χ4n) is 4.26. The molecule has 2 fully saturated rings. The maximum absolute atomic E-state index is 5.16. The fraction of sp³-hybridized carbons (Fsp3) is 0.650. The topological polar surface area (TPSA) is 36.9 Å². The van der Waals surface area contributed by atoms with Crippen LogP contribution in [-0.4, -0.2) is 38.1 Å². The van der Waals surface area contributed by atoms with E-state index < -0.39 is 0 Å². The predicted octanol–water partition coefficient (Wildman–Crippen LogP) is 4.18. The van der Waals surface area contributed by atoms with Crippen LogP contribution in [0.3, 0.4) is 0 Å². The number of benzene rings is 1. The lowest BCUT2D eigenvalue weighted by Crippen LogP contribution is -2.41. The van der Waals surface area contributed by atoms with Crippen LogP contribution in [-0.2, 0) is 17.9 Å². The number of nitrogens with zero attached hydrogens (tertiary/aromatic N) is 2. The lowest BCUT2D eigenvalue weighted by atomic mass is 9.73. The van der Waals surface area contributed by atoms with Crippen molar-refractivity contribution in [3.63, 3.8) is 0 Å². The number of aliphatic imine (C=N–C) groups is 1. The quantitative estimate of drug-likeness (QED) is 0.419. The van der Waals surface area contributed by atoms with Gasteiger partial charge in [-0.25, -0.2) is 0 Å². The molecule has 1 aliphatic carbocycles. The second kappa shape index (κ2) is 9.76. The molecule has 1 N–H and O–H groups in total. The molecule has 0 bridgehead atoms. The van der Waals surface area contributed by atoms with Crippen LogP contribution < -0.4 is 5.32 Å². The van der Waals surface area contributed by atoms with Crippen LogP contribution >= 0.6 is 24.0 Å². The molecular formula is C20H32IN3O. The molecule has 3 rings (SSSR count). The Bertz CT molecular complexity index is 553. The van der Waals surface area contributed by atoms with Crippen molar-refractivity contribution in [2.45, 2.75) is 51.7 Å². The third-order valence-electron chi connectivity index (χ3n) is 5.65. The average molecular weight is 457 g/mol. The minimum Gasteiger partial charge on any atom is -0.380 e. The Morgan fingerprint density at radius 1 is 1.12 bits per heavy atom. The first kappa shape index (κ1) is 20.5. The Morgan fingerprint density at radius 3 is 2.44 bits per heavy atom. The van der Waals surface area contributed by atoms with Crippen LogP contribution in [0, 0.1) is 5.41 Å². The van der Waals surface area contributed by atoms with Gasteiger partial charge in [-0.1, -0.05) is 43.5 Å². The molecule has 5 heteroatoms. The van der Waals surface area contributed by atoms with E-state index in [0.29, 0.717) is 12.0 Å². The molecule has 1 aliphatic heterocycles. The van der Waals surface area contributed by atoms with Crippen molar-refractivity contribution >= 4 is 29.9 Å². The zero-order chi connectivity index (χ0) is 16.8. The molecule has 0 radical (unpaired) electrons. The number of guanidine groups is 1. The molecule has 1 heterocycles. The summed E-state index contributed by atoms with van der Waals surface area (Å²) in [4.78, 5) is 6.98. The molecule has 1 saturated heterocycles. The maximum Gasteiger partial charge on any atom is 0.193 e. The largest absolute Gasteiger partial charge is 0.380 e. The van der Waals surface area contributed by atoms with Gasteiger partial charge >= 0.3 is 0 Å². The van der Waals surface area contributed by atoms with Gasteiger partial charge in [-0.3, -0.25) is 4.99 Å². The molecule has 1 aromatic carbocycles. The first-order valence-corrected chi connectivity index (χ1v) is 9.27. The lowest BCUT2D eigenvalue weighted by molar-refractivity contribution is 0.185. The molecule has 2 aliphatic rings. The predicted molar refractivity (Wildman–Crippen MR) is 114 cm³/mol. The molecule has 0 amide bonds. The van der Waals surface area contributed by atoms with Gasteiger partial charge in [-0.05, 0) is 35.8 Å². The number of methoxy groups -OCH3 is 1. The van der Waals surface area contributed by atoms with E-state index in [2.05, 4.69) is 39.5 Å². The van der Waals surface area contributed by atoms with Gasteiger partial charge in [-0.2, -0.15) is 0 Å². The molecule has 1 aromatic rings. The van der Waals surface area contributed by atoms with Crippen molar-refractivity contribution in [1.29, 1.82) is 0 Å². The van der Waals surface area contributed by atoms with Crippen LogP contribution in [0.15, 0.2) is 29.3 Å². The third kappa shape index (κ3) is 5.33. The summed E-state index contributed by atoms with van der Waals surface area (Å²) >= 11 is 0. The van der Waals surface area contributed by atoms with Crippen LogP contribution in [0.5, 0.6) is 0 Å². The minimum absolute atomic E-state index is 0. The normalized spacial score (nSPS) is 19.8. The van der Waals surface area contributed by atoms with Gasteiger partial charge in [0.15, 0.2) is 5.96 Å². The van der Waals surface area contributed by atoms with E-state index in [1.54, 1.807) is 7.11 Å². The van der Waals surface area contributed by atoms with E-state index in [1.165, 1.54) is 56.2 Å². The van der Waals surface area contributed by atoms with E-state index in [0.717, 1.165) is 19.0 Å². The summed E-state index contributed by atoms with van der Waals surface area (Å²) in [7, 11) is 3.63. The Kier molecular flexibility index (Phi) is 8.00. The van der Waals surface area contributed by atoms with Crippen LogP contribution in [0.4, 0.5) is 0 Å². The second-order valence-electron chi connectivity index (χ2n) is 7.38. The summed E-state index contributed by atoms with van der Waals surface area (Å²) in [5.74, 6) is 1.05. The van der Waals surface area contributed by atoms with E-state index in [1.807, 2.05) is 7.05 Å². The van der Waals surface area contributed by atoms with E-state index >= 15 is 0 Å². The molecule has 1 saturated carbocycles. The van der Waals surface area contributed by atoms with E-state index in [4.69, 9.17) is 4.74 Å². The zero-order valence-electron chi connectivity index (χ0n) is 15.6. The Hall–Kier alpha value is -0.820. The standard InChI is InChI=1S/C20H31N3O.HI/c1-21-19(22-14-17-6-8-18(9-7-17)15-24-2)23-13-12-20(16-23)10-4-3-5-11-20;/h6-9H,3-5,10-16H2,1-2H3,(H,21,22);1H. The number of rotatable bonds is 4. The minimum atomic E-state index is 0. The number of hydrogen-bond donors (Lipinski definition) is 1. The van der Waals surface area contributed by atoms with Gasteiger partial charge in [0, 0.05) is 33.8 Å². The highest BCUT2D eigenvalue weighted by molar-refractivity contribution is 14.0. The summed E-state index contributed by atoms with van der Waals surface area (Å²) in [6, 6.07) is 8.61. The first-order valence-electron chi connectivity index (χ1n) is 9.27. The van der Waals surface area contributed by atoms with Gasteiger partial charge in [0.2, 0.25) is 0 Å². The van der Waals surface area contributed by atoms with Crippen molar-refractivity contribution in [2.24, 2.45) is 10.4 Å². The van der Waals surface area contributed by atoms with Crippen molar-refractivity contribution < 1.29 is 4.74 Å². The molecule has 0 unspecified atom stereocenters. The van der Waals surface area contributed by atoms with Crippen LogP contribution in [0.25, 0.3) is 0 Å². The molecule has 0 atom stereocenters. The van der Waals surface area contributed by atoms with Crippen molar-refractivity contribution in [2.75, 3.05) is 27.2 Å².